The van der Waals surface area contributed by atoms with Gasteiger partial charge in [-0.2, -0.15) is 5.10 Å². The Balaban J connectivity index is 2.16. The SMILES string of the molecule is Cc1nn(C)c(NN2CCN(C)CC2)c1C(=O)O. The van der Waals surface area contributed by atoms with Gasteiger partial charge in [0.15, 0.2) is 5.82 Å². The summed E-state index contributed by atoms with van der Waals surface area (Å²) in [6.45, 7) is 5.36. The number of carbonyl (C=O) groups is 1. The maximum absolute atomic E-state index is 11.2. The Morgan fingerprint density at radius 3 is 2.44 bits per heavy atom. The zero-order valence-electron chi connectivity index (χ0n) is 11.0. The Morgan fingerprint density at radius 1 is 1.28 bits per heavy atom. The van der Waals surface area contributed by atoms with Crippen LogP contribution in [-0.4, -0.2) is 64.0 Å². The molecule has 1 aliphatic rings. The summed E-state index contributed by atoms with van der Waals surface area (Å²) in [5, 5.41) is 15.4. The van der Waals surface area contributed by atoms with Crippen molar-refractivity contribution in [1.29, 1.82) is 0 Å². The van der Waals surface area contributed by atoms with Crippen LogP contribution in [0.25, 0.3) is 0 Å². The fraction of sp³-hybridized carbons (Fsp3) is 0.636. The van der Waals surface area contributed by atoms with Gasteiger partial charge >= 0.3 is 5.97 Å². The first-order valence-electron chi connectivity index (χ1n) is 5.96. The molecule has 100 valence electrons. The van der Waals surface area contributed by atoms with Crippen LogP contribution >= 0.6 is 0 Å². The van der Waals surface area contributed by atoms with Crippen LogP contribution in [0.4, 0.5) is 5.82 Å². The van der Waals surface area contributed by atoms with Crippen LogP contribution in [0.1, 0.15) is 16.1 Å². The fourth-order valence-electron chi connectivity index (χ4n) is 2.11. The minimum atomic E-state index is -0.947. The third kappa shape index (κ3) is 2.46. The van der Waals surface area contributed by atoms with Gasteiger partial charge in [-0.05, 0) is 14.0 Å². The topological polar surface area (TPSA) is 73.6 Å². The second-order valence-corrected chi connectivity index (χ2v) is 4.64. The van der Waals surface area contributed by atoms with E-state index in [1.54, 1.807) is 18.7 Å². The van der Waals surface area contributed by atoms with Crippen molar-refractivity contribution in [3.8, 4) is 0 Å². The molecule has 7 heteroatoms. The van der Waals surface area contributed by atoms with Crippen molar-refractivity contribution in [2.45, 2.75) is 6.92 Å². The molecule has 0 amide bonds. The van der Waals surface area contributed by atoms with Gasteiger partial charge in [0, 0.05) is 33.2 Å². The molecule has 1 aromatic heterocycles. The molecule has 2 N–H and O–H groups in total. The summed E-state index contributed by atoms with van der Waals surface area (Å²) in [6, 6.07) is 0. The highest BCUT2D eigenvalue weighted by Gasteiger charge is 2.22. The maximum atomic E-state index is 11.2. The summed E-state index contributed by atoms with van der Waals surface area (Å²) in [4.78, 5) is 13.5. The number of hydrogen-bond acceptors (Lipinski definition) is 5. The summed E-state index contributed by atoms with van der Waals surface area (Å²) < 4.78 is 1.58. The molecule has 0 aliphatic carbocycles. The smallest absolute Gasteiger partial charge is 0.341 e. The van der Waals surface area contributed by atoms with Crippen molar-refractivity contribution in [3.05, 3.63) is 11.3 Å². The van der Waals surface area contributed by atoms with Gasteiger partial charge in [-0.1, -0.05) is 0 Å². The molecule has 7 nitrogen and oxygen atoms in total. The number of nitrogens with one attached hydrogen (secondary N) is 1. The largest absolute Gasteiger partial charge is 0.477 e. The molecule has 2 heterocycles. The summed E-state index contributed by atoms with van der Waals surface area (Å²) in [5.74, 6) is -0.401. The molecule has 0 spiro atoms. The molecule has 0 bridgehead atoms. The van der Waals surface area contributed by atoms with Gasteiger partial charge in [0.2, 0.25) is 0 Å². The predicted octanol–water partition coefficient (Wildman–Crippen LogP) is 0.00102. The van der Waals surface area contributed by atoms with Crippen LogP contribution in [0.5, 0.6) is 0 Å². The van der Waals surface area contributed by atoms with E-state index in [9.17, 15) is 9.90 Å². The molecular formula is C11H19N5O2. The number of likely N-dealkylation sites (N-methyl/N-ethyl adjacent to an activating group) is 1. The van der Waals surface area contributed by atoms with Crippen LogP contribution in [0.15, 0.2) is 0 Å². The number of nitrogens with zero attached hydrogens (tertiary/aromatic N) is 4. The summed E-state index contributed by atoms with van der Waals surface area (Å²) in [6.07, 6.45) is 0. The van der Waals surface area contributed by atoms with E-state index in [1.807, 2.05) is 5.01 Å². The van der Waals surface area contributed by atoms with Gasteiger partial charge in [-0.3, -0.25) is 4.68 Å². The van der Waals surface area contributed by atoms with Crippen molar-refractivity contribution >= 4 is 11.8 Å². The second-order valence-electron chi connectivity index (χ2n) is 4.64. The summed E-state index contributed by atoms with van der Waals surface area (Å²) in [5.41, 5.74) is 3.94. The molecule has 0 radical (unpaired) electrons. The van der Waals surface area contributed by atoms with Crippen LogP contribution in [0.3, 0.4) is 0 Å². The van der Waals surface area contributed by atoms with E-state index in [4.69, 9.17) is 0 Å². The third-order valence-electron chi connectivity index (χ3n) is 3.20. The average molecular weight is 253 g/mol. The first-order valence-corrected chi connectivity index (χ1v) is 5.96. The van der Waals surface area contributed by atoms with E-state index < -0.39 is 5.97 Å². The zero-order chi connectivity index (χ0) is 13.3. The highest BCUT2D eigenvalue weighted by Crippen LogP contribution is 2.19. The van der Waals surface area contributed by atoms with Gasteiger partial charge in [0.25, 0.3) is 0 Å². The van der Waals surface area contributed by atoms with Crippen LogP contribution in [-0.2, 0) is 7.05 Å². The minimum absolute atomic E-state index is 0.247. The van der Waals surface area contributed by atoms with Crippen LogP contribution in [0.2, 0.25) is 0 Å². The van der Waals surface area contributed by atoms with E-state index in [1.165, 1.54) is 0 Å². The van der Waals surface area contributed by atoms with E-state index in [0.29, 0.717) is 11.5 Å². The van der Waals surface area contributed by atoms with Crippen molar-refractivity contribution in [2.24, 2.45) is 7.05 Å². The number of aromatic nitrogens is 2. The minimum Gasteiger partial charge on any atom is -0.477 e. The van der Waals surface area contributed by atoms with E-state index >= 15 is 0 Å². The molecule has 0 aromatic carbocycles. The number of anilines is 1. The lowest BCUT2D eigenvalue weighted by Gasteiger charge is -2.33. The lowest BCUT2D eigenvalue weighted by Crippen LogP contribution is -2.47. The highest BCUT2D eigenvalue weighted by atomic mass is 16.4. The molecule has 0 unspecified atom stereocenters. The molecule has 1 aliphatic heterocycles. The number of piperazine rings is 1. The van der Waals surface area contributed by atoms with E-state index in [0.717, 1.165) is 26.2 Å². The van der Waals surface area contributed by atoms with Gasteiger partial charge < -0.3 is 15.4 Å². The van der Waals surface area contributed by atoms with Crippen molar-refractivity contribution < 1.29 is 9.90 Å². The van der Waals surface area contributed by atoms with E-state index in [2.05, 4.69) is 22.5 Å². The monoisotopic (exact) mass is 253 g/mol. The summed E-state index contributed by atoms with van der Waals surface area (Å²) >= 11 is 0. The maximum Gasteiger partial charge on any atom is 0.341 e. The van der Waals surface area contributed by atoms with Gasteiger partial charge in [-0.25, -0.2) is 9.80 Å². The summed E-state index contributed by atoms with van der Waals surface area (Å²) in [7, 11) is 3.83. The highest BCUT2D eigenvalue weighted by molar-refractivity contribution is 5.94. The Labute approximate surface area is 106 Å². The van der Waals surface area contributed by atoms with Crippen molar-refractivity contribution in [2.75, 3.05) is 38.7 Å². The average Bonchev–Trinajstić information content (AvgIpc) is 2.57. The number of rotatable bonds is 3. The van der Waals surface area contributed by atoms with Gasteiger partial charge in [0.1, 0.15) is 5.56 Å². The normalized spacial score (nSPS) is 17.9. The number of hydrazine groups is 1. The quantitative estimate of drug-likeness (QED) is 0.790. The first kappa shape index (κ1) is 12.8. The van der Waals surface area contributed by atoms with E-state index in [-0.39, 0.29) is 5.56 Å². The second kappa shape index (κ2) is 4.95. The molecular weight excluding hydrogens is 234 g/mol. The molecule has 1 saturated heterocycles. The van der Waals surface area contributed by atoms with Crippen LogP contribution in [0, 0.1) is 6.92 Å². The number of hydrogen-bond donors (Lipinski definition) is 2. The lowest BCUT2D eigenvalue weighted by molar-refractivity contribution is 0.0696. The molecule has 2 rings (SSSR count). The molecule has 1 aromatic rings. The number of aromatic carboxylic acids is 1. The van der Waals surface area contributed by atoms with Gasteiger partial charge in [0.05, 0.1) is 5.69 Å². The standard InChI is InChI=1S/C11H19N5O2/c1-8-9(11(17)18)10(15(3)12-8)13-16-6-4-14(2)5-7-16/h13H,4-7H2,1-3H3,(H,17,18). The Hall–Kier alpha value is -1.60. The lowest BCUT2D eigenvalue weighted by atomic mass is 10.2. The Kier molecular flexibility index (Phi) is 3.53. The number of aryl methyl sites for hydroxylation is 2. The van der Waals surface area contributed by atoms with Crippen molar-refractivity contribution in [3.63, 3.8) is 0 Å². The number of carboxylic acid groups (broad SMARTS) is 1. The van der Waals surface area contributed by atoms with Gasteiger partial charge in [-0.15, -0.1) is 0 Å². The predicted molar refractivity (Wildman–Crippen MR) is 67.6 cm³/mol. The molecule has 1 fully saturated rings. The Morgan fingerprint density at radius 2 is 1.89 bits per heavy atom. The third-order valence-corrected chi connectivity index (χ3v) is 3.20. The Bertz CT molecular complexity index is 449. The molecule has 18 heavy (non-hydrogen) atoms. The first-order chi connectivity index (χ1) is 8.49. The van der Waals surface area contributed by atoms with Crippen molar-refractivity contribution in [1.82, 2.24) is 19.7 Å². The zero-order valence-corrected chi connectivity index (χ0v) is 11.0. The van der Waals surface area contributed by atoms with Crippen LogP contribution < -0.4 is 5.43 Å². The number of carboxylic acids is 1. The fourth-order valence-corrected chi connectivity index (χ4v) is 2.11. The molecule has 0 saturated carbocycles. The molecule has 0 atom stereocenters.